The van der Waals surface area contributed by atoms with Crippen LogP contribution in [0.15, 0.2) is 0 Å². The van der Waals surface area contributed by atoms with Crippen LogP contribution in [0, 0.1) is 5.92 Å². The Labute approximate surface area is 124 Å². The summed E-state index contributed by atoms with van der Waals surface area (Å²) in [6.45, 7) is 5.37. The molecule has 0 amide bonds. The lowest BCUT2D eigenvalue weighted by Gasteiger charge is -2.27. The lowest BCUT2D eigenvalue weighted by molar-refractivity contribution is 0.0917. The molecule has 0 rings (SSSR count). The minimum atomic E-state index is -3.03. The third kappa shape index (κ3) is 8.82. The maximum Gasteiger partial charge on any atom is 0.498 e. The van der Waals surface area contributed by atoms with Crippen molar-refractivity contribution in [3.05, 3.63) is 0 Å². The lowest BCUT2D eigenvalue weighted by Crippen LogP contribution is -2.45. The zero-order valence-electron chi connectivity index (χ0n) is 11.6. The van der Waals surface area contributed by atoms with Crippen LogP contribution in [0.25, 0.3) is 0 Å². The van der Waals surface area contributed by atoms with E-state index in [0.29, 0.717) is 30.8 Å². The van der Waals surface area contributed by atoms with Gasteiger partial charge in [-0.2, -0.15) is 25.3 Å². The molecule has 0 heterocycles. The third-order valence-electron chi connectivity index (χ3n) is 2.71. The SMILES string of the molecule is CCCCO[Si](O)(CC(CS)CS)OCCCC. The van der Waals surface area contributed by atoms with Crippen molar-refractivity contribution in [2.45, 2.75) is 45.6 Å². The van der Waals surface area contributed by atoms with E-state index in [1.807, 2.05) is 0 Å². The van der Waals surface area contributed by atoms with Crippen molar-refractivity contribution in [1.29, 1.82) is 0 Å². The molecule has 110 valence electrons. The molecule has 0 spiro atoms. The molecule has 0 saturated carbocycles. The van der Waals surface area contributed by atoms with Crippen LogP contribution in [0.1, 0.15) is 39.5 Å². The van der Waals surface area contributed by atoms with Gasteiger partial charge in [-0.05, 0) is 30.3 Å². The fraction of sp³-hybridized carbons (Fsp3) is 1.00. The first kappa shape index (κ1) is 18.8. The minimum Gasteiger partial charge on any atom is -0.390 e. The largest absolute Gasteiger partial charge is 0.498 e. The number of unbranched alkanes of at least 4 members (excludes halogenated alkanes) is 2. The number of hydrogen-bond donors (Lipinski definition) is 3. The first-order valence-electron chi connectivity index (χ1n) is 6.83. The highest BCUT2D eigenvalue weighted by atomic mass is 32.1. The number of thiol groups is 2. The summed E-state index contributed by atoms with van der Waals surface area (Å²) in [6, 6.07) is 0.563. The zero-order chi connectivity index (χ0) is 13.9. The van der Waals surface area contributed by atoms with E-state index in [1.54, 1.807) is 0 Å². The molecular weight excluding hydrogens is 284 g/mol. The van der Waals surface area contributed by atoms with E-state index in [-0.39, 0.29) is 5.92 Å². The van der Waals surface area contributed by atoms with Crippen LogP contribution in [0.2, 0.25) is 6.04 Å². The molecule has 0 aliphatic heterocycles. The molecule has 18 heavy (non-hydrogen) atoms. The molecule has 0 aliphatic carbocycles. The molecule has 0 atom stereocenters. The van der Waals surface area contributed by atoms with Gasteiger partial charge < -0.3 is 13.6 Å². The molecule has 0 saturated heterocycles. The Bertz CT molecular complexity index is 182. The van der Waals surface area contributed by atoms with Crippen molar-refractivity contribution >= 4 is 34.1 Å². The highest BCUT2D eigenvalue weighted by Gasteiger charge is 2.38. The highest BCUT2D eigenvalue weighted by molar-refractivity contribution is 7.81. The molecule has 0 bridgehead atoms. The zero-order valence-corrected chi connectivity index (χ0v) is 14.4. The molecule has 0 aromatic rings. The summed E-state index contributed by atoms with van der Waals surface area (Å²) in [5.41, 5.74) is 0. The van der Waals surface area contributed by atoms with E-state index >= 15 is 0 Å². The van der Waals surface area contributed by atoms with Gasteiger partial charge in [-0.15, -0.1) is 0 Å². The van der Waals surface area contributed by atoms with Gasteiger partial charge in [-0.1, -0.05) is 26.7 Å². The summed E-state index contributed by atoms with van der Waals surface area (Å²) < 4.78 is 11.3. The van der Waals surface area contributed by atoms with Gasteiger partial charge in [-0.25, -0.2) is 0 Å². The summed E-state index contributed by atoms with van der Waals surface area (Å²) in [5, 5.41) is 0. The van der Waals surface area contributed by atoms with Crippen LogP contribution in [0.5, 0.6) is 0 Å². The Morgan fingerprint density at radius 2 is 1.44 bits per heavy atom. The van der Waals surface area contributed by atoms with E-state index in [0.717, 1.165) is 25.7 Å². The van der Waals surface area contributed by atoms with Crippen LogP contribution in [0.3, 0.4) is 0 Å². The Hall–Kier alpha value is 0.797. The Kier molecular flexibility index (Phi) is 12.1. The van der Waals surface area contributed by atoms with Crippen molar-refractivity contribution < 1.29 is 13.6 Å². The van der Waals surface area contributed by atoms with Crippen LogP contribution in [-0.2, 0) is 8.85 Å². The Morgan fingerprint density at radius 1 is 1.00 bits per heavy atom. The second kappa shape index (κ2) is 11.6. The number of hydrogen-bond acceptors (Lipinski definition) is 5. The molecule has 0 radical (unpaired) electrons. The van der Waals surface area contributed by atoms with Crippen molar-refractivity contribution in [2.24, 2.45) is 5.92 Å². The van der Waals surface area contributed by atoms with Gasteiger partial charge in [0.2, 0.25) is 0 Å². The molecule has 0 aromatic heterocycles. The van der Waals surface area contributed by atoms with Crippen molar-refractivity contribution in [3.63, 3.8) is 0 Å². The van der Waals surface area contributed by atoms with Gasteiger partial charge in [0.05, 0.1) is 0 Å². The van der Waals surface area contributed by atoms with E-state index in [9.17, 15) is 4.80 Å². The Balaban J connectivity index is 4.27. The summed E-state index contributed by atoms with van der Waals surface area (Å²) >= 11 is 8.56. The smallest absolute Gasteiger partial charge is 0.390 e. The lowest BCUT2D eigenvalue weighted by atomic mass is 10.3. The fourth-order valence-electron chi connectivity index (χ4n) is 1.46. The van der Waals surface area contributed by atoms with Crippen molar-refractivity contribution in [1.82, 2.24) is 0 Å². The first-order chi connectivity index (χ1) is 8.61. The standard InChI is InChI=1S/C12H28O3S2Si/c1-3-5-7-14-18(13,15-8-6-4-2)11-12(9-16)10-17/h12-13,16-17H,3-11H2,1-2H3. The molecule has 0 unspecified atom stereocenters. The van der Waals surface area contributed by atoms with Crippen LogP contribution in [-0.4, -0.2) is 38.3 Å². The summed E-state index contributed by atoms with van der Waals surface area (Å²) in [6.07, 6.45) is 4.03. The van der Waals surface area contributed by atoms with Gasteiger partial charge in [0, 0.05) is 19.3 Å². The monoisotopic (exact) mass is 312 g/mol. The minimum absolute atomic E-state index is 0.247. The van der Waals surface area contributed by atoms with Crippen molar-refractivity contribution in [3.8, 4) is 0 Å². The number of rotatable bonds is 12. The normalized spacial score (nSPS) is 12.3. The van der Waals surface area contributed by atoms with Crippen molar-refractivity contribution in [2.75, 3.05) is 24.7 Å². The van der Waals surface area contributed by atoms with Gasteiger partial charge >= 0.3 is 8.80 Å². The highest BCUT2D eigenvalue weighted by Crippen LogP contribution is 2.20. The van der Waals surface area contributed by atoms with Gasteiger partial charge in [0.25, 0.3) is 0 Å². The average molecular weight is 313 g/mol. The quantitative estimate of drug-likeness (QED) is 0.295. The maximum atomic E-state index is 10.5. The second-order valence-corrected chi connectivity index (χ2v) is 7.69. The van der Waals surface area contributed by atoms with E-state index in [1.165, 1.54) is 0 Å². The first-order valence-corrected chi connectivity index (χ1v) is 10.1. The third-order valence-corrected chi connectivity index (χ3v) is 6.15. The molecule has 0 fully saturated rings. The average Bonchev–Trinajstić information content (AvgIpc) is 2.37. The topological polar surface area (TPSA) is 38.7 Å². The van der Waals surface area contributed by atoms with Crippen LogP contribution < -0.4 is 0 Å². The van der Waals surface area contributed by atoms with Crippen LogP contribution in [0.4, 0.5) is 0 Å². The molecule has 1 N–H and O–H groups in total. The summed E-state index contributed by atoms with van der Waals surface area (Å²) in [5.74, 6) is 1.65. The van der Waals surface area contributed by atoms with E-state index in [2.05, 4.69) is 39.1 Å². The van der Waals surface area contributed by atoms with E-state index in [4.69, 9.17) is 8.85 Å². The molecule has 6 heteroatoms. The van der Waals surface area contributed by atoms with Crippen LogP contribution >= 0.6 is 25.3 Å². The summed E-state index contributed by atoms with van der Waals surface area (Å²) in [7, 11) is -3.03. The fourth-order valence-corrected chi connectivity index (χ4v) is 4.93. The maximum absolute atomic E-state index is 10.5. The van der Waals surface area contributed by atoms with E-state index < -0.39 is 8.80 Å². The predicted molar refractivity (Wildman–Crippen MR) is 85.7 cm³/mol. The molecule has 0 aliphatic rings. The second-order valence-electron chi connectivity index (χ2n) is 4.55. The Morgan fingerprint density at radius 3 is 1.78 bits per heavy atom. The van der Waals surface area contributed by atoms with Gasteiger partial charge in [0.15, 0.2) is 0 Å². The van der Waals surface area contributed by atoms with Gasteiger partial charge in [0.1, 0.15) is 0 Å². The molecule has 0 aromatic carbocycles. The molecular formula is C12H28O3S2Si. The van der Waals surface area contributed by atoms with Gasteiger partial charge in [-0.3, -0.25) is 0 Å². The molecule has 3 nitrogen and oxygen atoms in total. The predicted octanol–water partition coefficient (Wildman–Crippen LogP) is 3.03. The summed E-state index contributed by atoms with van der Waals surface area (Å²) in [4.78, 5) is 10.5.